The van der Waals surface area contributed by atoms with Crippen LogP contribution in [0.15, 0.2) is 24.3 Å². The van der Waals surface area contributed by atoms with E-state index in [4.69, 9.17) is 9.47 Å². The molecule has 0 spiro atoms. The van der Waals surface area contributed by atoms with Gasteiger partial charge in [0.05, 0.1) is 40.3 Å². The zero-order valence-corrected chi connectivity index (χ0v) is 23.4. The van der Waals surface area contributed by atoms with Crippen LogP contribution in [-0.4, -0.2) is 74.6 Å². The summed E-state index contributed by atoms with van der Waals surface area (Å²) in [5, 5.41) is 21.1. The van der Waals surface area contributed by atoms with Gasteiger partial charge in [0.1, 0.15) is 18.8 Å². The predicted octanol–water partition coefficient (Wildman–Crippen LogP) is 4.33. The van der Waals surface area contributed by atoms with E-state index in [2.05, 4.69) is 31.2 Å². The van der Waals surface area contributed by atoms with Crippen LogP contribution in [0.25, 0.3) is 0 Å². The number of rotatable bonds is 24. The van der Waals surface area contributed by atoms with Crippen LogP contribution in [0.4, 0.5) is 0 Å². The number of carbonyl (C=O) groups excluding carboxylic acids is 2. The summed E-state index contributed by atoms with van der Waals surface area (Å²) >= 11 is 0. The maximum Gasteiger partial charge on any atom is 0.305 e. The molecule has 0 amide bonds. The normalized spacial score (nSPS) is 13.9. The standard InChI is InChI=1S/C29H53NO6/c1-5-6-7-8-9-10-11-12-13-14-15-16-17-18-19-20-21-28(32)36-25-26(31)24-35-23-22-27(29(33)34)30(2,3)4/h13-16,26-27,31H,5-12,17-25H2,1-4H3/b14-13+,16-15+. The minimum Gasteiger partial charge on any atom is -0.544 e. The van der Waals surface area contributed by atoms with Gasteiger partial charge in [-0.25, -0.2) is 0 Å². The number of aliphatic carboxylic acids is 1. The van der Waals surface area contributed by atoms with Crippen LogP contribution in [0.1, 0.15) is 96.8 Å². The van der Waals surface area contributed by atoms with Gasteiger partial charge in [-0.1, -0.05) is 76.2 Å². The molecule has 0 saturated heterocycles. The third kappa shape index (κ3) is 21.6. The third-order valence-electron chi connectivity index (χ3n) is 6.10. The summed E-state index contributed by atoms with van der Waals surface area (Å²) in [7, 11) is 5.34. The van der Waals surface area contributed by atoms with E-state index in [1.807, 2.05) is 0 Å². The van der Waals surface area contributed by atoms with Gasteiger partial charge in [0.2, 0.25) is 0 Å². The average Bonchev–Trinajstić information content (AvgIpc) is 2.81. The smallest absolute Gasteiger partial charge is 0.305 e. The fourth-order valence-electron chi connectivity index (χ4n) is 3.82. The van der Waals surface area contributed by atoms with E-state index in [-0.39, 0.29) is 36.7 Å². The molecule has 7 heteroatoms. The van der Waals surface area contributed by atoms with Gasteiger partial charge in [-0.2, -0.15) is 0 Å². The van der Waals surface area contributed by atoms with Crippen LogP contribution in [0.2, 0.25) is 0 Å². The SMILES string of the molecule is CCCCCCCCC/C=C/C=C/CCCCCC(=O)OCC(O)COCCC(C(=O)[O-])[N+](C)(C)C. The van der Waals surface area contributed by atoms with E-state index >= 15 is 0 Å². The number of carbonyl (C=O) groups is 2. The first-order chi connectivity index (χ1) is 17.2. The van der Waals surface area contributed by atoms with Gasteiger partial charge < -0.3 is 29.0 Å². The van der Waals surface area contributed by atoms with E-state index in [1.54, 1.807) is 21.1 Å². The number of carboxylic acid groups (broad SMARTS) is 1. The fraction of sp³-hybridized carbons (Fsp3) is 0.793. The molecule has 0 aromatic rings. The van der Waals surface area contributed by atoms with Crippen molar-refractivity contribution < 1.29 is 33.8 Å². The minimum absolute atomic E-state index is 0.00990. The molecule has 0 aliphatic heterocycles. The molecule has 2 unspecified atom stereocenters. The molecule has 0 aromatic carbocycles. The van der Waals surface area contributed by atoms with Crippen molar-refractivity contribution >= 4 is 11.9 Å². The summed E-state index contributed by atoms with van der Waals surface area (Å²) < 4.78 is 10.7. The minimum atomic E-state index is -1.12. The molecule has 1 N–H and O–H groups in total. The van der Waals surface area contributed by atoms with Crippen molar-refractivity contribution in [3.8, 4) is 0 Å². The number of nitrogens with zero attached hydrogens (tertiary/aromatic N) is 1. The van der Waals surface area contributed by atoms with Crippen molar-refractivity contribution in [1.82, 2.24) is 0 Å². The van der Waals surface area contributed by atoms with Crippen LogP contribution in [-0.2, 0) is 19.1 Å². The summed E-state index contributed by atoms with van der Waals surface area (Å²) in [4.78, 5) is 23.0. The number of hydrogen-bond acceptors (Lipinski definition) is 6. The zero-order chi connectivity index (χ0) is 27.1. The number of hydrogen-bond donors (Lipinski definition) is 1. The van der Waals surface area contributed by atoms with Crippen LogP contribution in [0.3, 0.4) is 0 Å². The Kier molecular flexibility index (Phi) is 21.4. The lowest BCUT2D eigenvalue weighted by Gasteiger charge is -2.34. The summed E-state index contributed by atoms with van der Waals surface area (Å²) in [6, 6.07) is -0.688. The Balaban J connectivity index is 3.63. The van der Waals surface area contributed by atoms with Gasteiger partial charge in [0.25, 0.3) is 0 Å². The molecule has 0 aliphatic carbocycles. The zero-order valence-electron chi connectivity index (χ0n) is 23.4. The summed E-state index contributed by atoms with van der Waals surface area (Å²) in [5.74, 6) is -1.44. The van der Waals surface area contributed by atoms with Crippen LogP contribution in [0.5, 0.6) is 0 Å². The lowest BCUT2D eigenvalue weighted by Crippen LogP contribution is -2.55. The second kappa shape index (κ2) is 22.5. The lowest BCUT2D eigenvalue weighted by atomic mass is 10.1. The van der Waals surface area contributed by atoms with E-state index in [1.165, 1.54) is 44.9 Å². The molecule has 0 rings (SSSR count). The number of aliphatic hydroxyl groups excluding tert-OH is 1. The number of carboxylic acids is 1. The Morgan fingerprint density at radius 3 is 1.97 bits per heavy atom. The molecule has 0 heterocycles. The van der Waals surface area contributed by atoms with Gasteiger partial charge >= 0.3 is 5.97 Å². The Morgan fingerprint density at radius 2 is 1.42 bits per heavy atom. The van der Waals surface area contributed by atoms with Gasteiger partial charge in [0.15, 0.2) is 0 Å². The quantitative estimate of drug-likeness (QED) is 0.0897. The Labute approximate surface area is 220 Å². The van der Waals surface area contributed by atoms with E-state index in [0.717, 1.165) is 32.1 Å². The maximum absolute atomic E-state index is 11.8. The molecular formula is C29H53NO6. The van der Waals surface area contributed by atoms with Gasteiger partial charge in [-0.05, 0) is 32.1 Å². The van der Waals surface area contributed by atoms with Crippen molar-refractivity contribution in [1.29, 1.82) is 0 Å². The van der Waals surface area contributed by atoms with Crippen molar-refractivity contribution in [2.24, 2.45) is 0 Å². The molecule has 2 atom stereocenters. The first-order valence-electron chi connectivity index (χ1n) is 13.9. The maximum atomic E-state index is 11.8. The molecule has 0 saturated carbocycles. The molecule has 36 heavy (non-hydrogen) atoms. The summed E-state index contributed by atoms with van der Waals surface area (Å²) in [6.45, 7) is 2.30. The van der Waals surface area contributed by atoms with Crippen molar-refractivity contribution in [2.75, 3.05) is 41.0 Å². The average molecular weight is 512 g/mol. The highest BCUT2D eigenvalue weighted by molar-refractivity contribution is 5.69. The van der Waals surface area contributed by atoms with Crippen LogP contribution < -0.4 is 5.11 Å². The van der Waals surface area contributed by atoms with Crippen molar-refractivity contribution in [2.45, 2.75) is 109 Å². The number of allylic oxidation sites excluding steroid dienone is 4. The topological polar surface area (TPSA) is 95.9 Å². The summed E-state index contributed by atoms with van der Waals surface area (Å²) in [6.07, 6.45) is 22.7. The number of ether oxygens (including phenoxy) is 2. The molecular weight excluding hydrogens is 458 g/mol. The number of esters is 1. The van der Waals surface area contributed by atoms with E-state index in [0.29, 0.717) is 6.42 Å². The monoisotopic (exact) mass is 511 g/mol. The summed E-state index contributed by atoms with van der Waals surface area (Å²) in [5.41, 5.74) is 0. The lowest BCUT2D eigenvalue weighted by molar-refractivity contribution is -0.889. The molecule has 0 radical (unpaired) electrons. The van der Waals surface area contributed by atoms with Gasteiger partial charge in [-0.3, -0.25) is 4.79 Å². The Bertz CT molecular complexity index is 611. The highest BCUT2D eigenvalue weighted by Gasteiger charge is 2.24. The Hall–Kier alpha value is -1.70. The third-order valence-corrected chi connectivity index (χ3v) is 6.10. The highest BCUT2D eigenvalue weighted by atomic mass is 16.5. The molecule has 0 aromatic heterocycles. The number of aliphatic hydroxyl groups is 1. The Morgan fingerprint density at radius 1 is 0.861 bits per heavy atom. The highest BCUT2D eigenvalue weighted by Crippen LogP contribution is 2.10. The number of likely N-dealkylation sites (N-methyl/N-ethyl adjacent to an activating group) is 1. The van der Waals surface area contributed by atoms with E-state index < -0.39 is 18.1 Å². The van der Waals surface area contributed by atoms with Crippen molar-refractivity contribution in [3.05, 3.63) is 24.3 Å². The predicted molar refractivity (Wildman–Crippen MR) is 143 cm³/mol. The van der Waals surface area contributed by atoms with Gasteiger partial charge in [-0.15, -0.1) is 0 Å². The second-order valence-electron chi connectivity index (χ2n) is 10.5. The molecule has 7 nitrogen and oxygen atoms in total. The fourth-order valence-corrected chi connectivity index (χ4v) is 3.82. The number of quaternary nitrogens is 1. The molecule has 210 valence electrons. The second-order valence-corrected chi connectivity index (χ2v) is 10.5. The molecule has 0 fully saturated rings. The first-order valence-corrected chi connectivity index (χ1v) is 13.9. The van der Waals surface area contributed by atoms with Crippen LogP contribution in [0, 0.1) is 0 Å². The molecule has 0 aliphatic rings. The number of unbranched alkanes of at least 4 members (excludes halogenated alkanes) is 10. The van der Waals surface area contributed by atoms with Crippen molar-refractivity contribution in [3.63, 3.8) is 0 Å². The van der Waals surface area contributed by atoms with Gasteiger partial charge in [0, 0.05) is 12.8 Å². The largest absolute Gasteiger partial charge is 0.544 e. The van der Waals surface area contributed by atoms with Crippen LogP contribution >= 0.6 is 0 Å². The first kappa shape index (κ1) is 34.3. The van der Waals surface area contributed by atoms with E-state index in [9.17, 15) is 19.8 Å². The molecule has 0 bridgehead atoms.